The first-order valence-corrected chi connectivity index (χ1v) is 4.12. The van der Waals surface area contributed by atoms with Crippen molar-refractivity contribution in [1.29, 1.82) is 0 Å². The molecule has 0 aliphatic carbocycles. The molecule has 0 radical (unpaired) electrons. The SMILES string of the molecule is CCOC(=O)C1C=CN=C(N)C1=C=O. The lowest BCUT2D eigenvalue weighted by molar-refractivity contribution is -0.144. The van der Waals surface area contributed by atoms with Gasteiger partial charge in [-0.05, 0) is 13.0 Å². The molecule has 1 aliphatic rings. The first kappa shape index (κ1) is 10.2. The van der Waals surface area contributed by atoms with Gasteiger partial charge in [0.15, 0.2) is 0 Å². The van der Waals surface area contributed by atoms with Gasteiger partial charge in [0.25, 0.3) is 0 Å². The van der Waals surface area contributed by atoms with Gasteiger partial charge in [0.05, 0.1) is 12.2 Å². The number of esters is 1. The number of carbonyl (C=O) groups excluding carboxylic acids is 2. The van der Waals surface area contributed by atoms with Crippen LogP contribution in [0.4, 0.5) is 0 Å². The van der Waals surface area contributed by atoms with Crippen molar-refractivity contribution in [2.45, 2.75) is 6.92 Å². The van der Waals surface area contributed by atoms with Crippen molar-refractivity contribution in [3.8, 4) is 0 Å². The van der Waals surface area contributed by atoms with E-state index >= 15 is 0 Å². The quantitative estimate of drug-likeness (QED) is 0.488. The topological polar surface area (TPSA) is 81.8 Å². The first-order valence-electron chi connectivity index (χ1n) is 4.12. The Balaban J connectivity index is 2.91. The van der Waals surface area contributed by atoms with Crippen molar-refractivity contribution in [3.63, 3.8) is 0 Å². The molecule has 0 spiro atoms. The summed E-state index contributed by atoms with van der Waals surface area (Å²) in [5.41, 5.74) is 5.44. The Bertz CT molecular complexity index is 351. The van der Waals surface area contributed by atoms with E-state index in [1.54, 1.807) is 12.9 Å². The maximum absolute atomic E-state index is 11.3. The predicted molar refractivity (Wildman–Crippen MR) is 50.1 cm³/mol. The number of carbonyl (C=O) groups is 1. The second-order valence-electron chi connectivity index (χ2n) is 2.60. The molecule has 0 saturated heterocycles. The molecule has 14 heavy (non-hydrogen) atoms. The number of ether oxygens (including phenoxy) is 1. The summed E-state index contributed by atoms with van der Waals surface area (Å²) in [5, 5.41) is 0. The molecule has 1 aliphatic heterocycles. The Morgan fingerprint density at radius 3 is 3.07 bits per heavy atom. The third-order valence-corrected chi connectivity index (χ3v) is 1.73. The zero-order valence-corrected chi connectivity index (χ0v) is 7.69. The van der Waals surface area contributed by atoms with Crippen LogP contribution in [0.3, 0.4) is 0 Å². The zero-order valence-electron chi connectivity index (χ0n) is 7.69. The summed E-state index contributed by atoms with van der Waals surface area (Å²) in [6.07, 6.45) is 2.83. The lowest BCUT2D eigenvalue weighted by atomic mass is 9.98. The van der Waals surface area contributed by atoms with Gasteiger partial charge in [0.1, 0.15) is 17.7 Å². The minimum Gasteiger partial charge on any atom is -0.465 e. The molecule has 1 rings (SSSR count). The van der Waals surface area contributed by atoms with Gasteiger partial charge in [0, 0.05) is 6.20 Å². The minimum absolute atomic E-state index is 0.0144. The average Bonchev–Trinajstić information content (AvgIpc) is 2.17. The van der Waals surface area contributed by atoms with E-state index < -0.39 is 11.9 Å². The van der Waals surface area contributed by atoms with E-state index in [9.17, 15) is 9.59 Å². The number of hydrogen-bond acceptors (Lipinski definition) is 5. The zero-order chi connectivity index (χ0) is 10.6. The molecule has 0 saturated carbocycles. The Hall–Kier alpha value is -1.87. The number of nitrogens with zero attached hydrogens (tertiary/aromatic N) is 1. The average molecular weight is 194 g/mol. The monoisotopic (exact) mass is 194 g/mol. The Kier molecular flexibility index (Phi) is 3.20. The summed E-state index contributed by atoms with van der Waals surface area (Å²) >= 11 is 0. The molecule has 0 fully saturated rings. The van der Waals surface area contributed by atoms with Gasteiger partial charge in [-0.3, -0.25) is 4.79 Å². The Morgan fingerprint density at radius 1 is 1.79 bits per heavy atom. The first-order chi connectivity index (χ1) is 6.70. The van der Waals surface area contributed by atoms with Gasteiger partial charge >= 0.3 is 5.97 Å². The number of rotatable bonds is 2. The number of nitrogens with two attached hydrogens (primary N) is 1. The van der Waals surface area contributed by atoms with E-state index in [-0.39, 0.29) is 18.0 Å². The Labute approximate surface area is 80.9 Å². The van der Waals surface area contributed by atoms with Crippen molar-refractivity contribution in [3.05, 3.63) is 17.8 Å². The normalized spacial score (nSPS) is 19.9. The van der Waals surface area contributed by atoms with Gasteiger partial charge < -0.3 is 10.5 Å². The molecule has 1 atom stereocenters. The van der Waals surface area contributed by atoms with Crippen molar-refractivity contribution >= 4 is 17.7 Å². The second kappa shape index (κ2) is 4.39. The van der Waals surface area contributed by atoms with Gasteiger partial charge in [-0.25, -0.2) is 9.79 Å². The van der Waals surface area contributed by atoms with Crippen molar-refractivity contribution < 1.29 is 14.3 Å². The number of aliphatic imine (C=N–C) groups is 1. The standard InChI is InChI=1S/C9H10N2O3/c1-2-14-9(13)6-3-4-11-8(10)7(6)5-12/h3-4,6H,2H2,1H3,(H2,10,11). The fraction of sp³-hybridized carbons (Fsp3) is 0.333. The van der Waals surface area contributed by atoms with Crippen molar-refractivity contribution in [2.75, 3.05) is 6.61 Å². The molecule has 1 heterocycles. The lowest BCUT2D eigenvalue weighted by Gasteiger charge is -2.14. The summed E-state index contributed by atoms with van der Waals surface area (Å²) in [6.45, 7) is 1.94. The molecule has 0 aromatic carbocycles. The minimum atomic E-state index is -0.773. The molecule has 5 nitrogen and oxygen atoms in total. The summed E-state index contributed by atoms with van der Waals surface area (Å²) in [7, 11) is 0. The molecule has 0 aromatic heterocycles. The maximum Gasteiger partial charge on any atom is 0.318 e. The summed E-state index contributed by atoms with van der Waals surface area (Å²) in [4.78, 5) is 25.5. The van der Waals surface area contributed by atoms with E-state index in [0.29, 0.717) is 0 Å². The molecule has 2 N–H and O–H groups in total. The highest BCUT2D eigenvalue weighted by atomic mass is 16.5. The molecule has 0 amide bonds. The molecule has 5 heteroatoms. The predicted octanol–water partition coefficient (Wildman–Crippen LogP) is -0.192. The van der Waals surface area contributed by atoms with E-state index in [2.05, 4.69) is 4.99 Å². The van der Waals surface area contributed by atoms with Crippen LogP contribution in [0.2, 0.25) is 0 Å². The summed E-state index contributed by atoms with van der Waals surface area (Å²) in [6, 6.07) is 0. The van der Waals surface area contributed by atoms with Gasteiger partial charge in [-0.2, -0.15) is 0 Å². The van der Waals surface area contributed by atoms with E-state index in [0.717, 1.165) is 0 Å². The van der Waals surface area contributed by atoms with Crippen LogP contribution in [0.15, 0.2) is 22.8 Å². The van der Waals surface area contributed by atoms with Crippen molar-refractivity contribution in [2.24, 2.45) is 16.6 Å². The van der Waals surface area contributed by atoms with Crippen LogP contribution >= 0.6 is 0 Å². The van der Waals surface area contributed by atoms with Gasteiger partial charge in [-0.15, -0.1) is 0 Å². The lowest BCUT2D eigenvalue weighted by Crippen LogP contribution is -2.29. The number of amidine groups is 1. The van der Waals surface area contributed by atoms with E-state index in [4.69, 9.17) is 10.5 Å². The summed E-state index contributed by atoms with van der Waals surface area (Å²) < 4.78 is 4.76. The molecule has 0 bridgehead atoms. The highest BCUT2D eigenvalue weighted by Crippen LogP contribution is 2.16. The van der Waals surface area contributed by atoms with E-state index in [1.165, 1.54) is 12.3 Å². The molecular formula is C9H10N2O3. The van der Waals surface area contributed by atoms with Crippen LogP contribution in [0.25, 0.3) is 0 Å². The molecule has 1 unspecified atom stereocenters. The third kappa shape index (κ3) is 1.89. The van der Waals surface area contributed by atoms with E-state index in [1.807, 2.05) is 0 Å². The number of hydrogen-bond donors (Lipinski definition) is 1. The highest BCUT2D eigenvalue weighted by Gasteiger charge is 2.27. The summed E-state index contributed by atoms with van der Waals surface area (Å²) in [5.74, 6) is 0.329. The smallest absolute Gasteiger partial charge is 0.318 e. The largest absolute Gasteiger partial charge is 0.465 e. The molecule has 74 valence electrons. The molecule has 0 aromatic rings. The Morgan fingerprint density at radius 2 is 2.50 bits per heavy atom. The fourth-order valence-corrected chi connectivity index (χ4v) is 1.08. The highest BCUT2D eigenvalue weighted by molar-refractivity contribution is 6.09. The molecular weight excluding hydrogens is 184 g/mol. The maximum atomic E-state index is 11.3. The van der Waals surface area contributed by atoms with Crippen molar-refractivity contribution in [1.82, 2.24) is 0 Å². The van der Waals surface area contributed by atoms with Gasteiger partial charge in [0.2, 0.25) is 0 Å². The second-order valence-corrected chi connectivity index (χ2v) is 2.60. The van der Waals surface area contributed by atoms with Crippen LogP contribution in [0.1, 0.15) is 6.92 Å². The van der Waals surface area contributed by atoms with Crippen LogP contribution in [0.5, 0.6) is 0 Å². The third-order valence-electron chi connectivity index (χ3n) is 1.73. The fourth-order valence-electron chi connectivity index (χ4n) is 1.08. The van der Waals surface area contributed by atoms with Crippen LogP contribution < -0.4 is 5.73 Å². The van der Waals surface area contributed by atoms with Crippen LogP contribution in [-0.2, 0) is 14.3 Å². The van der Waals surface area contributed by atoms with Crippen LogP contribution in [0, 0.1) is 5.92 Å². The van der Waals surface area contributed by atoms with Crippen LogP contribution in [-0.4, -0.2) is 24.4 Å². The van der Waals surface area contributed by atoms with Gasteiger partial charge in [-0.1, -0.05) is 0 Å².